The smallest absolute Gasteiger partial charge is 0.302 e. The van der Waals surface area contributed by atoms with Gasteiger partial charge in [0.1, 0.15) is 12.1 Å². The van der Waals surface area contributed by atoms with Gasteiger partial charge in [0.05, 0.1) is 6.61 Å². The molecule has 1 aromatic rings. The number of rotatable bonds is 9. The minimum absolute atomic E-state index is 0.199. The summed E-state index contributed by atoms with van der Waals surface area (Å²) in [6.45, 7) is 6.60. The lowest BCUT2D eigenvalue weighted by Crippen LogP contribution is -2.35. The first-order chi connectivity index (χ1) is 13.5. The van der Waals surface area contributed by atoms with E-state index in [2.05, 4.69) is 45.0 Å². The van der Waals surface area contributed by atoms with E-state index in [0.717, 1.165) is 43.7 Å². The number of aldehydes is 1. The third-order valence-corrected chi connectivity index (χ3v) is 5.13. The molecule has 0 atom stereocenters. The van der Waals surface area contributed by atoms with Gasteiger partial charge in [-0.25, -0.2) is 0 Å². The molecule has 0 saturated carbocycles. The second-order valence-electron chi connectivity index (χ2n) is 7.40. The highest BCUT2D eigenvalue weighted by atomic mass is 16.5. The molecule has 0 spiro atoms. The maximum Gasteiger partial charge on any atom is 0.302 e. The largest absolute Gasteiger partial charge is 0.466 e. The van der Waals surface area contributed by atoms with Gasteiger partial charge in [0.2, 0.25) is 0 Å². The van der Waals surface area contributed by atoms with E-state index < -0.39 is 0 Å². The molecule has 1 heterocycles. The van der Waals surface area contributed by atoms with E-state index in [4.69, 9.17) is 4.74 Å². The summed E-state index contributed by atoms with van der Waals surface area (Å²) in [6.07, 6.45) is 5.58. The quantitative estimate of drug-likeness (QED) is 0.479. The predicted molar refractivity (Wildman–Crippen MR) is 113 cm³/mol. The molecule has 0 aromatic heterocycles. The highest BCUT2D eigenvalue weighted by molar-refractivity contribution is 5.65. The molecule has 28 heavy (non-hydrogen) atoms. The Morgan fingerprint density at radius 1 is 1.21 bits per heavy atom. The van der Waals surface area contributed by atoms with E-state index in [-0.39, 0.29) is 5.97 Å². The molecule has 1 aliphatic rings. The van der Waals surface area contributed by atoms with E-state index in [1.165, 1.54) is 12.6 Å². The van der Waals surface area contributed by atoms with Crippen molar-refractivity contribution < 1.29 is 14.3 Å². The van der Waals surface area contributed by atoms with E-state index in [0.29, 0.717) is 25.5 Å². The Balaban J connectivity index is 2.03. The number of piperidine rings is 1. The minimum atomic E-state index is -0.199. The van der Waals surface area contributed by atoms with Crippen molar-refractivity contribution in [2.75, 3.05) is 50.1 Å². The molecule has 0 aliphatic carbocycles. The number of anilines is 2. The van der Waals surface area contributed by atoms with E-state index in [9.17, 15) is 9.59 Å². The van der Waals surface area contributed by atoms with Crippen LogP contribution in [0.2, 0.25) is 0 Å². The number of allylic oxidation sites excluding steroid dienone is 1. The van der Waals surface area contributed by atoms with E-state index >= 15 is 0 Å². The molecule has 1 aliphatic heterocycles. The number of ether oxygens (including phenoxy) is 1. The Bertz CT molecular complexity index is 662. The number of esters is 1. The van der Waals surface area contributed by atoms with Crippen LogP contribution in [0.25, 0.3) is 0 Å². The Morgan fingerprint density at radius 3 is 2.36 bits per heavy atom. The summed E-state index contributed by atoms with van der Waals surface area (Å²) in [5, 5.41) is 0. The molecule has 0 bridgehead atoms. The number of nitrogens with zero attached hydrogens (tertiary/aromatic N) is 3. The Labute approximate surface area is 168 Å². The number of carbonyl (C=O) groups excluding carboxylic acids is 2. The van der Waals surface area contributed by atoms with Crippen LogP contribution in [0.1, 0.15) is 33.1 Å². The number of hydrogen-bond acceptors (Lipinski definition) is 6. The molecular formula is C22H33N3O3. The maximum absolute atomic E-state index is 11.0. The summed E-state index contributed by atoms with van der Waals surface area (Å²) in [7, 11) is 4.02. The standard InChI is InChI=1S/C22H33N3O3/c1-5-22(23(3)4)25(13-6-16-26)21-9-7-20(8-10-21)24-14-11-19(12-15-24)17-28-18(2)27/h5,7-10,16,19H,6,11-15,17H2,1-4H3/b22-5+. The second kappa shape index (κ2) is 10.7. The summed E-state index contributed by atoms with van der Waals surface area (Å²) < 4.78 is 5.15. The molecule has 6 nitrogen and oxygen atoms in total. The highest BCUT2D eigenvalue weighted by Crippen LogP contribution is 2.27. The van der Waals surface area contributed by atoms with Crippen LogP contribution in [-0.2, 0) is 14.3 Å². The van der Waals surface area contributed by atoms with Gasteiger partial charge in [0.25, 0.3) is 0 Å². The average molecular weight is 388 g/mol. The molecule has 0 amide bonds. The summed E-state index contributed by atoms with van der Waals surface area (Å²) in [5.41, 5.74) is 2.29. The highest BCUT2D eigenvalue weighted by Gasteiger charge is 2.21. The van der Waals surface area contributed by atoms with Crippen LogP contribution in [0.15, 0.2) is 36.2 Å². The van der Waals surface area contributed by atoms with Crippen molar-refractivity contribution in [1.82, 2.24) is 4.90 Å². The van der Waals surface area contributed by atoms with Crippen molar-refractivity contribution in [3.05, 3.63) is 36.2 Å². The fourth-order valence-corrected chi connectivity index (χ4v) is 3.65. The lowest BCUT2D eigenvalue weighted by molar-refractivity contribution is -0.142. The molecule has 2 rings (SSSR count). The van der Waals surface area contributed by atoms with E-state index in [1.807, 2.05) is 21.0 Å². The summed E-state index contributed by atoms with van der Waals surface area (Å²) in [6, 6.07) is 8.55. The molecule has 0 N–H and O–H groups in total. The summed E-state index contributed by atoms with van der Waals surface area (Å²) in [4.78, 5) is 28.5. The number of hydrogen-bond donors (Lipinski definition) is 0. The third-order valence-electron chi connectivity index (χ3n) is 5.13. The predicted octanol–water partition coefficient (Wildman–Crippen LogP) is 3.28. The van der Waals surface area contributed by atoms with Crippen molar-refractivity contribution in [2.45, 2.75) is 33.1 Å². The second-order valence-corrected chi connectivity index (χ2v) is 7.40. The van der Waals surface area contributed by atoms with Gasteiger partial charge in [-0.3, -0.25) is 4.79 Å². The SMILES string of the molecule is C/C=C(\N(C)C)N(CCC=O)c1ccc(N2CCC(COC(C)=O)CC2)cc1. The molecule has 1 saturated heterocycles. The zero-order valence-electron chi connectivity index (χ0n) is 17.6. The Kier molecular flexibility index (Phi) is 8.36. The van der Waals surface area contributed by atoms with Crippen molar-refractivity contribution in [3.63, 3.8) is 0 Å². The van der Waals surface area contributed by atoms with Crippen molar-refractivity contribution >= 4 is 23.6 Å². The first kappa shape index (κ1) is 21.8. The van der Waals surface area contributed by atoms with Gasteiger partial charge in [-0.05, 0) is 56.0 Å². The zero-order valence-corrected chi connectivity index (χ0v) is 17.6. The zero-order chi connectivity index (χ0) is 20.5. The number of benzene rings is 1. The summed E-state index contributed by atoms with van der Waals surface area (Å²) >= 11 is 0. The molecule has 154 valence electrons. The summed E-state index contributed by atoms with van der Waals surface area (Å²) in [5.74, 6) is 1.33. The first-order valence-corrected chi connectivity index (χ1v) is 9.99. The maximum atomic E-state index is 11.0. The van der Waals surface area contributed by atoms with Gasteiger partial charge < -0.3 is 24.2 Å². The van der Waals surface area contributed by atoms with Crippen LogP contribution in [0.3, 0.4) is 0 Å². The monoisotopic (exact) mass is 387 g/mol. The normalized spacial score (nSPS) is 15.3. The molecule has 1 fully saturated rings. The van der Waals surface area contributed by atoms with Gasteiger partial charge >= 0.3 is 5.97 Å². The van der Waals surface area contributed by atoms with Gasteiger partial charge in [-0.2, -0.15) is 0 Å². The molecule has 1 aromatic carbocycles. The molecule has 6 heteroatoms. The van der Waals surface area contributed by atoms with Crippen LogP contribution in [0, 0.1) is 5.92 Å². The molecule has 0 radical (unpaired) electrons. The number of carbonyl (C=O) groups is 2. The van der Waals surface area contributed by atoms with Gasteiger partial charge in [0, 0.05) is 58.4 Å². The van der Waals surface area contributed by atoms with Gasteiger partial charge in [-0.15, -0.1) is 0 Å². The van der Waals surface area contributed by atoms with Crippen molar-refractivity contribution in [2.24, 2.45) is 5.92 Å². The van der Waals surface area contributed by atoms with Crippen LogP contribution in [0.5, 0.6) is 0 Å². The minimum Gasteiger partial charge on any atom is -0.466 e. The lowest BCUT2D eigenvalue weighted by Gasteiger charge is -2.34. The van der Waals surface area contributed by atoms with Crippen LogP contribution in [-0.4, -0.2) is 57.5 Å². The lowest BCUT2D eigenvalue weighted by atomic mass is 9.97. The van der Waals surface area contributed by atoms with E-state index in [1.54, 1.807) is 0 Å². The Morgan fingerprint density at radius 2 is 1.86 bits per heavy atom. The third kappa shape index (κ3) is 6.01. The van der Waals surface area contributed by atoms with Crippen molar-refractivity contribution in [3.8, 4) is 0 Å². The Hall–Kier alpha value is -2.50. The van der Waals surface area contributed by atoms with Crippen LogP contribution in [0.4, 0.5) is 11.4 Å². The van der Waals surface area contributed by atoms with Crippen LogP contribution < -0.4 is 9.80 Å². The van der Waals surface area contributed by atoms with Crippen LogP contribution >= 0.6 is 0 Å². The topological polar surface area (TPSA) is 53.1 Å². The van der Waals surface area contributed by atoms with Crippen molar-refractivity contribution in [1.29, 1.82) is 0 Å². The van der Waals surface area contributed by atoms with Gasteiger partial charge in [0.15, 0.2) is 0 Å². The fraction of sp³-hybridized carbons (Fsp3) is 0.545. The molecule has 0 unspecified atom stereocenters. The van der Waals surface area contributed by atoms with Gasteiger partial charge in [-0.1, -0.05) is 0 Å². The molecular weight excluding hydrogens is 354 g/mol. The average Bonchev–Trinajstić information content (AvgIpc) is 2.70. The fourth-order valence-electron chi connectivity index (χ4n) is 3.65. The first-order valence-electron chi connectivity index (χ1n) is 9.99.